The first-order valence-corrected chi connectivity index (χ1v) is 6.14. The van der Waals surface area contributed by atoms with Gasteiger partial charge in [0.15, 0.2) is 0 Å². The van der Waals surface area contributed by atoms with Crippen molar-refractivity contribution in [1.82, 2.24) is 9.78 Å². The fourth-order valence-electron chi connectivity index (χ4n) is 1.65. The second-order valence-electron chi connectivity index (χ2n) is 3.86. The van der Waals surface area contributed by atoms with Gasteiger partial charge < -0.3 is 10.8 Å². The van der Waals surface area contributed by atoms with Crippen molar-refractivity contribution in [3.8, 4) is 5.69 Å². The van der Waals surface area contributed by atoms with Crippen molar-refractivity contribution < 1.29 is 9.90 Å². The van der Waals surface area contributed by atoms with Crippen LogP contribution >= 0.6 is 15.9 Å². The molecule has 0 bridgehead atoms. The number of benzene rings is 1. The van der Waals surface area contributed by atoms with Crippen LogP contribution in [0.3, 0.4) is 0 Å². The van der Waals surface area contributed by atoms with Gasteiger partial charge in [0.05, 0.1) is 18.3 Å². The van der Waals surface area contributed by atoms with E-state index >= 15 is 0 Å². The number of carbonyl (C=O) groups is 1. The van der Waals surface area contributed by atoms with E-state index in [1.54, 1.807) is 10.9 Å². The predicted octanol–water partition coefficient (Wildman–Crippen LogP) is 2.11. The number of aromatic nitrogens is 2. The molecule has 0 aliphatic heterocycles. The van der Waals surface area contributed by atoms with Gasteiger partial charge in [-0.2, -0.15) is 5.10 Å². The van der Waals surface area contributed by atoms with Gasteiger partial charge in [-0.3, -0.25) is 4.79 Å². The summed E-state index contributed by atoms with van der Waals surface area (Å²) in [5.74, 6) is -0.901. The van der Waals surface area contributed by atoms with Crippen molar-refractivity contribution in [2.45, 2.75) is 12.5 Å². The lowest BCUT2D eigenvalue weighted by molar-refractivity contribution is -0.137. The van der Waals surface area contributed by atoms with Gasteiger partial charge in [0.2, 0.25) is 0 Å². The van der Waals surface area contributed by atoms with E-state index in [0.717, 1.165) is 15.9 Å². The molecule has 1 heterocycles. The Balaban J connectivity index is 2.20. The lowest BCUT2D eigenvalue weighted by atomic mass is 10.0. The van der Waals surface area contributed by atoms with E-state index in [0.29, 0.717) is 0 Å². The highest BCUT2D eigenvalue weighted by atomic mass is 79.9. The Morgan fingerprint density at radius 3 is 2.56 bits per heavy atom. The van der Waals surface area contributed by atoms with E-state index in [9.17, 15) is 4.79 Å². The van der Waals surface area contributed by atoms with Gasteiger partial charge in [0.25, 0.3) is 0 Å². The van der Waals surface area contributed by atoms with Crippen molar-refractivity contribution in [2.75, 3.05) is 0 Å². The molecule has 94 valence electrons. The molecule has 0 saturated carbocycles. The summed E-state index contributed by atoms with van der Waals surface area (Å²) in [4.78, 5) is 10.6. The highest BCUT2D eigenvalue weighted by molar-refractivity contribution is 9.10. The van der Waals surface area contributed by atoms with Crippen molar-refractivity contribution in [1.29, 1.82) is 0 Å². The number of nitrogens with two attached hydrogens (primary N) is 1. The average molecular weight is 310 g/mol. The maximum absolute atomic E-state index is 10.6. The third-order valence-corrected chi connectivity index (χ3v) is 3.16. The maximum atomic E-state index is 10.6. The molecule has 5 nitrogen and oxygen atoms in total. The number of carboxylic acid groups (broad SMARTS) is 1. The molecule has 0 amide bonds. The summed E-state index contributed by atoms with van der Waals surface area (Å²) in [7, 11) is 0. The van der Waals surface area contributed by atoms with Crippen molar-refractivity contribution in [3.63, 3.8) is 0 Å². The molecule has 0 saturated heterocycles. The smallest absolute Gasteiger partial charge is 0.305 e. The summed E-state index contributed by atoms with van der Waals surface area (Å²) in [6.45, 7) is 0. The van der Waals surface area contributed by atoms with Gasteiger partial charge in [0, 0.05) is 6.04 Å². The molecule has 2 aromatic rings. The molecular weight excluding hydrogens is 298 g/mol. The molecule has 6 heteroatoms. The first-order chi connectivity index (χ1) is 8.58. The number of rotatable bonds is 4. The molecule has 1 aromatic carbocycles. The number of halogens is 1. The third-order valence-electron chi connectivity index (χ3n) is 2.56. The minimum absolute atomic E-state index is 0.0786. The predicted molar refractivity (Wildman–Crippen MR) is 70.4 cm³/mol. The molecular formula is C12H12BrN3O2. The van der Waals surface area contributed by atoms with Crippen molar-refractivity contribution >= 4 is 21.9 Å². The van der Waals surface area contributed by atoms with Gasteiger partial charge in [-0.25, -0.2) is 4.68 Å². The second-order valence-corrected chi connectivity index (χ2v) is 4.67. The van der Waals surface area contributed by atoms with Gasteiger partial charge in [0.1, 0.15) is 4.60 Å². The lowest BCUT2D eigenvalue weighted by Gasteiger charge is -2.10. The Labute approximate surface area is 112 Å². The fourth-order valence-corrected chi connectivity index (χ4v) is 2.06. The maximum Gasteiger partial charge on any atom is 0.305 e. The van der Waals surface area contributed by atoms with Gasteiger partial charge in [-0.15, -0.1) is 0 Å². The Morgan fingerprint density at radius 1 is 1.39 bits per heavy atom. The molecule has 0 radical (unpaired) electrons. The van der Waals surface area contributed by atoms with E-state index in [4.69, 9.17) is 10.8 Å². The minimum atomic E-state index is -0.901. The minimum Gasteiger partial charge on any atom is -0.481 e. The Morgan fingerprint density at radius 2 is 2.06 bits per heavy atom. The number of hydrogen-bond donors (Lipinski definition) is 2. The summed E-state index contributed by atoms with van der Waals surface area (Å²) in [6, 6.07) is 8.69. The van der Waals surface area contributed by atoms with Gasteiger partial charge in [-0.05, 0) is 39.7 Å². The van der Waals surface area contributed by atoms with E-state index in [1.807, 2.05) is 30.3 Å². The topological polar surface area (TPSA) is 81.1 Å². The SMILES string of the molecule is NC(CC(=O)O)c1ccc(-n2nccc2Br)cc1. The Bertz CT molecular complexity index is 551. The summed E-state index contributed by atoms with van der Waals surface area (Å²) in [5.41, 5.74) is 7.47. The first kappa shape index (κ1) is 12.8. The summed E-state index contributed by atoms with van der Waals surface area (Å²) >= 11 is 3.38. The van der Waals surface area contributed by atoms with E-state index in [2.05, 4.69) is 21.0 Å². The Kier molecular flexibility index (Phi) is 3.78. The van der Waals surface area contributed by atoms with Crippen LogP contribution in [0.15, 0.2) is 41.1 Å². The molecule has 0 aliphatic rings. The number of hydrogen-bond acceptors (Lipinski definition) is 3. The highest BCUT2D eigenvalue weighted by Gasteiger charge is 2.10. The monoisotopic (exact) mass is 309 g/mol. The second kappa shape index (κ2) is 5.32. The third kappa shape index (κ3) is 2.77. The molecule has 0 aliphatic carbocycles. The van der Waals surface area contributed by atoms with Crippen LogP contribution in [0.2, 0.25) is 0 Å². The first-order valence-electron chi connectivity index (χ1n) is 5.35. The Hall–Kier alpha value is -1.66. The fraction of sp³-hybridized carbons (Fsp3) is 0.167. The number of aliphatic carboxylic acids is 1. The number of carboxylic acids is 1. The normalized spacial score (nSPS) is 12.3. The average Bonchev–Trinajstić information content (AvgIpc) is 2.75. The van der Waals surface area contributed by atoms with E-state index in [1.165, 1.54) is 0 Å². The number of nitrogens with zero attached hydrogens (tertiary/aromatic N) is 2. The van der Waals surface area contributed by atoms with Crippen LogP contribution in [-0.4, -0.2) is 20.9 Å². The molecule has 1 unspecified atom stereocenters. The van der Waals surface area contributed by atoms with Crippen LogP contribution in [0.25, 0.3) is 5.69 Å². The van der Waals surface area contributed by atoms with Crippen LogP contribution in [0, 0.1) is 0 Å². The van der Waals surface area contributed by atoms with Gasteiger partial charge in [-0.1, -0.05) is 12.1 Å². The molecule has 1 atom stereocenters. The van der Waals surface area contributed by atoms with E-state index < -0.39 is 12.0 Å². The van der Waals surface area contributed by atoms with Crippen LogP contribution in [0.1, 0.15) is 18.0 Å². The molecule has 1 aromatic heterocycles. The largest absolute Gasteiger partial charge is 0.481 e. The standard InChI is InChI=1S/C12H12BrN3O2/c13-11-5-6-15-16(11)9-3-1-8(2-4-9)10(14)7-12(17)18/h1-6,10H,7,14H2,(H,17,18). The van der Waals surface area contributed by atoms with Crippen molar-refractivity contribution in [3.05, 3.63) is 46.7 Å². The van der Waals surface area contributed by atoms with Crippen LogP contribution in [0.4, 0.5) is 0 Å². The molecule has 0 fully saturated rings. The zero-order valence-corrected chi connectivity index (χ0v) is 11.0. The summed E-state index contributed by atoms with van der Waals surface area (Å²) in [5, 5.41) is 12.8. The summed E-state index contributed by atoms with van der Waals surface area (Å²) in [6.07, 6.45) is 1.61. The van der Waals surface area contributed by atoms with Crippen LogP contribution < -0.4 is 5.73 Å². The summed E-state index contributed by atoms with van der Waals surface area (Å²) < 4.78 is 2.58. The lowest BCUT2D eigenvalue weighted by Crippen LogP contribution is -2.14. The quantitative estimate of drug-likeness (QED) is 0.906. The molecule has 2 rings (SSSR count). The zero-order chi connectivity index (χ0) is 13.1. The van der Waals surface area contributed by atoms with Crippen molar-refractivity contribution in [2.24, 2.45) is 5.73 Å². The highest BCUT2D eigenvalue weighted by Crippen LogP contribution is 2.19. The molecule has 3 N–H and O–H groups in total. The van der Waals surface area contributed by atoms with Gasteiger partial charge >= 0.3 is 5.97 Å². The molecule has 18 heavy (non-hydrogen) atoms. The molecule has 0 spiro atoms. The van der Waals surface area contributed by atoms with Crippen LogP contribution in [-0.2, 0) is 4.79 Å². The van der Waals surface area contributed by atoms with E-state index in [-0.39, 0.29) is 6.42 Å². The van der Waals surface area contributed by atoms with Crippen LogP contribution in [0.5, 0.6) is 0 Å². The zero-order valence-electron chi connectivity index (χ0n) is 9.45.